The minimum atomic E-state index is -4.16. The standard InChI is InChI=1S/C26H29Cl2F3N2O/c1-24(2,3)17-7-8-21-19(15-17)25(9-12-32(13-10-25)14-11-26(29,30)31)16-33(21)23(34)18-5-4-6-20(27)22(18)28/h4-8,15H,9-14,16H2,1-3H3. The number of nitrogens with zero attached hydrogens (tertiary/aromatic N) is 2. The lowest BCUT2D eigenvalue weighted by molar-refractivity contribution is -0.138. The minimum Gasteiger partial charge on any atom is -0.307 e. The first kappa shape index (κ1) is 25.3. The van der Waals surface area contributed by atoms with Crippen LogP contribution in [0, 0.1) is 0 Å². The number of halogens is 5. The highest BCUT2D eigenvalue weighted by Gasteiger charge is 2.47. The Morgan fingerprint density at radius 2 is 1.74 bits per heavy atom. The van der Waals surface area contributed by atoms with Crippen molar-refractivity contribution in [3.63, 3.8) is 0 Å². The van der Waals surface area contributed by atoms with Crippen LogP contribution in [0.3, 0.4) is 0 Å². The zero-order valence-corrected chi connectivity index (χ0v) is 21.1. The molecule has 3 nitrogen and oxygen atoms in total. The fourth-order valence-electron chi connectivity index (χ4n) is 5.05. The predicted molar refractivity (Wildman–Crippen MR) is 131 cm³/mol. The van der Waals surface area contributed by atoms with Gasteiger partial charge in [0.25, 0.3) is 5.91 Å². The van der Waals surface area contributed by atoms with Crippen molar-refractivity contribution in [2.24, 2.45) is 0 Å². The summed E-state index contributed by atoms with van der Waals surface area (Å²) in [5.74, 6) is -0.214. The second-order valence-corrected chi connectivity index (χ2v) is 11.2. The molecule has 2 aliphatic rings. The van der Waals surface area contributed by atoms with Crippen LogP contribution in [0.5, 0.6) is 0 Å². The number of carbonyl (C=O) groups is 1. The van der Waals surface area contributed by atoms with E-state index in [1.165, 1.54) is 5.56 Å². The van der Waals surface area contributed by atoms with Crippen molar-refractivity contribution in [2.75, 3.05) is 31.1 Å². The summed E-state index contributed by atoms with van der Waals surface area (Å²) in [4.78, 5) is 17.3. The van der Waals surface area contributed by atoms with Crippen molar-refractivity contribution < 1.29 is 18.0 Å². The third-order valence-corrected chi connectivity index (χ3v) is 7.96. The highest BCUT2D eigenvalue weighted by molar-refractivity contribution is 6.44. The Morgan fingerprint density at radius 1 is 1.06 bits per heavy atom. The second kappa shape index (κ2) is 9.03. The third kappa shape index (κ3) is 4.95. The Morgan fingerprint density at radius 3 is 2.35 bits per heavy atom. The number of likely N-dealkylation sites (tertiary alicyclic amines) is 1. The van der Waals surface area contributed by atoms with Crippen LogP contribution in [0.15, 0.2) is 36.4 Å². The highest BCUT2D eigenvalue weighted by Crippen LogP contribution is 2.49. The van der Waals surface area contributed by atoms with Gasteiger partial charge < -0.3 is 9.80 Å². The molecule has 184 valence electrons. The monoisotopic (exact) mass is 512 g/mol. The van der Waals surface area contributed by atoms with E-state index in [2.05, 4.69) is 32.9 Å². The van der Waals surface area contributed by atoms with E-state index in [0.29, 0.717) is 43.1 Å². The molecule has 1 fully saturated rings. The van der Waals surface area contributed by atoms with Crippen LogP contribution in [0.2, 0.25) is 10.0 Å². The van der Waals surface area contributed by atoms with E-state index in [1.54, 1.807) is 23.1 Å². The maximum Gasteiger partial charge on any atom is 0.390 e. The van der Waals surface area contributed by atoms with E-state index in [4.69, 9.17) is 23.2 Å². The average molecular weight is 513 g/mol. The number of alkyl halides is 3. The van der Waals surface area contributed by atoms with Crippen LogP contribution in [0.1, 0.15) is 61.5 Å². The molecule has 0 saturated carbocycles. The van der Waals surface area contributed by atoms with E-state index in [0.717, 1.165) is 11.3 Å². The topological polar surface area (TPSA) is 23.6 Å². The number of hydrogen-bond acceptors (Lipinski definition) is 2. The predicted octanol–water partition coefficient (Wildman–Crippen LogP) is 7.24. The first-order valence-corrected chi connectivity index (χ1v) is 12.3. The van der Waals surface area contributed by atoms with Gasteiger partial charge in [-0.25, -0.2) is 0 Å². The van der Waals surface area contributed by atoms with Crippen molar-refractivity contribution in [3.8, 4) is 0 Å². The molecule has 0 atom stereocenters. The zero-order valence-electron chi connectivity index (χ0n) is 19.6. The van der Waals surface area contributed by atoms with Gasteiger partial charge in [0.1, 0.15) is 0 Å². The molecule has 0 bridgehead atoms. The molecule has 2 aromatic carbocycles. The molecule has 0 aromatic heterocycles. The van der Waals surface area contributed by atoms with Gasteiger partial charge >= 0.3 is 6.18 Å². The van der Waals surface area contributed by atoms with Crippen LogP contribution in [0.25, 0.3) is 0 Å². The van der Waals surface area contributed by atoms with E-state index < -0.39 is 12.6 Å². The van der Waals surface area contributed by atoms with E-state index in [1.807, 2.05) is 11.0 Å². The van der Waals surface area contributed by atoms with Crippen LogP contribution in [-0.4, -0.2) is 43.2 Å². The summed E-state index contributed by atoms with van der Waals surface area (Å²) in [5.41, 5.74) is 3.09. The first-order valence-electron chi connectivity index (χ1n) is 11.5. The summed E-state index contributed by atoms with van der Waals surface area (Å²) >= 11 is 12.5. The molecule has 0 radical (unpaired) electrons. The van der Waals surface area contributed by atoms with Gasteiger partial charge in [0, 0.05) is 24.2 Å². The molecular weight excluding hydrogens is 484 g/mol. The molecule has 2 aromatic rings. The zero-order chi connectivity index (χ0) is 24.9. The molecule has 0 N–H and O–H groups in total. The maximum atomic E-state index is 13.6. The smallest absolute Gasteiger partial charge is 0.307 e. The molecule has 8 heteroatoms. The number of carbonyl (C=O) groups excluding carboxylic acids is 1. The van der Waals surface area contributed by atoms with Gasteiger partial charge in [-0.3, -0.25) is 4.79 Å². The van der Waals surface area contributed by atoms with Crippen molar-refractivity contribution in [1.29, 1.82) is 0 Å². The lowest BCUT2D eigenvalue weighted by Gasteiger charge is -2.40. The molecule has 0 unspecified atom stereocenters. The lowest BCUT2D eigenvalue weighted by atomic mass is 9.72. The molecule has 1 saturated heterocycles. The van der Waals surface area contributed by atoms with Crippen molar-refractivity contribution in [2.45, 2.75) is 57.0 Å². The quantitative estimate of drug-likeness (QED) is 0.432. The van der Waals surface area contributed by atoms with Gasteiger partial charge in [-0.1, -0.05) is 62.2 Å². The van der Waals surface area contributed by atoms with E-state index in [9.17, 15) is 18.0 Å². The summed E-state index contributed by atoms with van der Waals surface area (Å²) < 4.78 is 38.2. The van der Waals surface area contributed by atoms with Gasteiger partial charge in [-0.05, 0) is 60.7 Å². The Bertz CT molecular complexity index is 1090. The van der Waals surface area contributed by atoms with Crippen LogP contribution in [0.4, 0.5) is 18.9 Å². The number of piperidine rings is 1. The molecule has 2 aliphatic heterocycles. The fourth-order valence-corrected chi connectivity index (χ4v) is 5.43. The normalized spacial score (nSPS) is 18.4. The number of rotatable bonds is 3. The van der Waals surface area contributed by atoms with Gasteiger partial charge in [-0.2, -0.15) is 13.2 Å². The Balaban J connectivity index is 1.67. The van der Waals surface area contributed by atoms with Crippen molar-refractivity contribution in [1.82, 2.24) is 4.90 Å². The molecule has 1 amide bonds. The number of benzene rings is 2. The van der Waals surface area contributed by atoms with Crippen LogP contribution >= 0.6 is 23.2 Å². The number of amides is 1. The third-order valence-electron chi connectivity index (χ3n) is 7.14. The summed E-state index contributed by atoms with van der Waals surface area (Å²) in [6.07, 6.45) is -3.57. The maximum absolute atomic E-state index is 13.6. The lowest BCUT2D eigenvalue weighted by Crippen LogP contribution is -2.46. The molecule has 34 heavy (non-hydrogen) atoms. The summed E-state index contributed by atoms with van der Waals surface area (Å²) in [6, 6.07) is 11.3. The first-order chi connectivity index (χ1) is 15.8. The Kier molecular flexibility index (Phi) is 6.73. The minimum absolute atomic E-state index is 0.00916. The van der Waals surface area contributed by atoms with Gasteiger partial charge in [0.15, 0.2) is 0 Å². The largest absolute Gasteiger partial charge is 0.390 e. The molecule has 0 aliphatic carbocycles. The Hall–Kier alpha value is -1.76. The van der Waals surface area contributed by atoms with E-state index >= 15 is 0 Å². The SMILES string of the molecule is CC(C)(C)c1ccc2c(c1)C1(CCN(CCC(F)(F)F)CC1)CN2C(=O)c1cccc(Cl)c1Cl. The number of anilines is 1. The highest BCUT2D eigenvalue weighted by atomic mass is 35.5. The van der Waals surface area contributed by atoms with Gasteiger partial charge in [0.2, 0.25) is 0 Å². The Labute approximate surface area is 208 Å². The van der Waals surface area contributed by atoms with Gasteiger partial charge in [-0.15, -0.1) is 0 Å². The average Bonchev–Trinajstić information content (AvgIpc) is 3.07. The number of hydrogen-bond donors (Lipinski definition) is 0. The van der Waals surface area contributed by atoms with Gasteiger partial charge in [0.05, 0.1) is 22.0 Å². The molecule has 2 heterocycles. The number of fused-ring (bicyclic) bond motifs is 2. The van der Waals surface area contributed by atoms with Crippen LogP contribution in [-0.2, 0) is 10.8 Å². The summed E-state index contributed by atoms with van der Waals surface area (Å²) in [7, 11) is 0. The van der Waals surface area contributed by atoms with Crippen molar-refractivity contribution in [3.05, 3.63) is 63.1 Å². The van der Waals surface area contributed by atoms with Crippen LogP contribution < -0.4 is 4.90 Å². The molecule has 4 rings (SSSR count). The molecule has 1 spiro atoms. The summed E-state index contributed by atoms with van der Waals surface area (Å²) in [5, 5.41) is 0.549. The second-order valence-electron chi connectivity index (χ2n) is 10.5. The molecular formula is C26H29Cl2F3N2O. The van der Waals surface area contributed by atoms with Crippen molar-refractivity contribution >= 4 is 34.8 Å². The van der Waals surface area contributed by atoms with E-state index in [-0.39, 0.29) is 28.3 Å². The fraction of sp³-hybridized carbons (Fsp3) is 0.500. The summed E-state index contributed by atoms with van der Waals surface area (Å²) in [6.45, 7) is 8.05.